The lowest BCUT2D eigenvalue weighted by Gasteiger charge is -2.25. The highest BCUT2D eigenvalue weighted by atomic mass is 16.7. The molecule has 0 aromatic heterocycles. The van der Waals surface area contributed by atoms with Crippen LogP contribution in [0.1, 0.15) is 18.4 Å². The first-order valence-electron chi connectivity index (χ1n) is 7.05. The Bertz CT molecular complexity index is 459. The molecule has 0 aliphatic carbocycles. The number of rotatable bonds is 9. The van der Waals surface area contributed by atoms with Gasteiger partial charge in [0.25, 0.3) is 0 Å². The predicted octanol–water partition coefficient (Wildman–Crippen LogP) is 2.22. The predicted molar refractivity (Wildman–Crippen MR) is 81.3 cm³/mol. The number of methoxy groups -OCH3 is 2. The Hall–Kier alpha value is -1.92. The van der Waals surface area contributed by atoms with Gasteiger partial charge >= 0.3 is 6.09 Å². The molecule has 1 rings (SSSR count). The lowest BCUT2D eigenvalue weighted by molar-refractivity contribution is -0.198. The second-order valence-electron chi connectivity index (χ2n) is 4.90. The van der Waals surface area contributed by atoms with E-state index < -0.39 is 11.9 Å². The van der Waals surface area contributed by atoms with Crippen molar-refractivity contribution in [3.05, 3.63) is 35.9 Å². The second-order valence-corrected chi connectivity index (χ2v) is 4.90. The Kier molecular flexibility index (Phi) is 7.56. The van der Waals surface area contributed by atoms with E-state index in [1.807, 2.05) is 30.3 Å². The minimum Gasteiger partial charge on any atom is -0.445 e. The lowest BCUT2D eigenvalue weighted by Crippen LogP contribution is -2.37. The molecule has 0 saturated heterocycles. The molecule has 0 unspecified atom stereocenters. The fourth-order valence-corrected chi connectivity index (χ4v) is 1.93. The Labute approximate surface area is 131 Å². The first-order valence-corrected chi connectivity index (χ1v) is 7.05. The zero-order chi connectivity index (χ0) is 16.4. The maximum atomic E-state index is 11.9. The summed E-state index contributed by atoms with van der Waals surface area (Å²) in [7, 11) is 4.47. The van der Waals surface area contributed by atoms with Gasteiger partial charge in [0, 0.05) is 34.2 Å². The molecule has 6 nitrogen and oxygen atoms in total. The molecule has 0 saturated carbocycles. The van der Waals surface area contributed by atoms with Crippen LogP contribution in [0.4, 0.5) is 4.79 Å². The number of carbonyl (C=O) groups excluding carboxylic acids is 2. The lowest BCUT2D eigenvalue weighted by atomic mass is 10.1. The normalized spacial score (nSPS) is 11.0. The van der Waals surface area contributed by atoms with Crippen LogP contribution < -0.4 is 0 Å². The second kappa shape index (κ2) is 9.17. The largest absolute Gasteiger partial charge is 0.445 e. The molecule has 1 aromatic carbocycles. The Morgan fingerprint density at radius 1 is 1.23 bits per heavy atom. The molecule has 0 fully saturated rings. The van der Waals surface area contributed by atoms with Crippen LogP contribution >= 0.6 is 0 Å². The van der Waals surface area contributed by atoms with Crippen molar-refractivity contribution in [1.82, 2.24) is 4.90 Å². The molecule has 1 amide bonds. The smallest absolute Gasteiger partial charge is 0.409 e. The number of benzene rings is 1. The highest BCUT2D eigenvalue weighted by Crippen LogP contribution is 2.16. The average Bonchev–Trinajstić information content (AvgIpc) is 2.57. The molecule has 22 heavy (non-hydrogen) atoms. The van der Waals surface area contributed by atoms with E-state index in [4.69, 9.17) is 14.2 Å². The van der Waals surface area contributed by atoms with E-state index in [-0.39, 0.29) is 6.61 Å². The summed E-state index contributed by atoms with van der Waals surface area (Å²) in [6.07, 6.45) is 1.13. The van der Waals surface area contributed by atoms with Crippen molar-refractivity contribution in [3.8, 4) is 0 Å². The number of amides is 1. The van der Waals surface area contributed by atoms with Crippen LogP contribution in [0.2, 0.25) is 0 Å². The van der Waals surface area contributed by atoms with E-state index in [1.165, 1.54) is 19.1 Å². The molecule has 0 radical (unpaired) electrons. The molecule has 0 spiro atoms. The molecule has 0 bridgehead atoms. The topological polar surface area (TPSA) is 65.1 Å². The first kappa shape index (κ1) is 18.1. The zero-order valence-electron chi connectivity index (χ0n) is 13.3. The van der Waals surface area contributed by atoms with Gasteiger partial charge in [0.05, 0.1) is 0 Å². The standard InChI is InChI=1S/C16H23NO5/c1-17(11-7-10-16(13-18,20-2)21-3)15(19)22-12-14-8-5-4-6-9-14/h4-6,8-9,13H,7,10-12H2,1-3H3. The third-order valence-electron chi connectivity index (χ3n) is 3.41. The van der Waals surface area contributed by atoms with Crippen molar-refractivity contribution < 1.29 is 23.8 Å². The van der Waals surface area contributed by atoms with Crippen LogP contribution in [0.5, 0.6) is 0 Å². The summed E-state index contributed by atoms with van der Waals surface area (Å²) in [6.45, 7) is 0.675. The van der Waals surface area contributed by atoms with Gasteiger partial charge in [-0.2, -0.15) is 0 Å². The monoisotopic (exact) mass is 309 g/mol. The van der Waals surface area contributed by atoms with E-state index in [0.717, 1.165) is 5.56 Å². The van der Waals surface area contributed by atoms with Crippen molar-refractivity contribution >= 4 is 12.4 Å². The number of ether oxygens (including phenoxy) is 3. The minimum absolute atomic E-state index is 0.235. The molecule has 0 aliphatic rings. The van der Waals surface area contributed by atoms with Crippen molar-refractivity contribution in [2.24, 2.45) is 0 Å². The molecular formula is C16H23NO5. The summed E-state index contributed by atoms with van der Waals surface area (Å²) < 4.78 is 15.3. The SMILES string of the molecule is COC(C=O)(CCCN(C)C(=O)OCc1ccccc1)OC. The van der Waals surface area contributed by atoms with Crippen LogP contribution in [0, 0.1) is 0 Å². The molecule has 122 valence electrons. The third-order valence-corrected chi connectivity index (χ3v) is 3.41. The van der Waals surface area contributed by atoms with Crippen molar-refractivity contribution in [3.63, 3.8) is 0 Å². The molecule has 0 atom stereocenters. The fourth-order valence-electron chi connectivity index (χ4n) is 1.93. The van der Waals surface area contributed by atoms with Gasteiger partial charge in [0.1, 0.15) is 6.61 Å². The number of hydrogen-bond acceptors (Lipinski definition) is 5. The first-order chi connectivity index (χ1) is 10.6. The zero-order valence-corrected chi connectivity index (χ0v) is 13.3. The number of hydrogen-bond donors (Lipinski definition) is 0. The quantitative estimate of drug-likeness (QED) is 0.517. The highest BCUT2D eigenvalue weighted by molar-refractivity contribution is 5.67. The van der Waals surface area contributed by atoms with E-state index in [1.54, 1.807) is 7.05 Å². The maximum Gasteiger partial charge on any atom is 0.409 e. The Balaban J connectivity index is 2.34. The molecular weight excluding hydrogens is 286 g/mol. The molecule has 0 aliphatic heterocycles. The molecule has 0 N–H and O–H groups in total. The van der Waals surface area contributed by atoms with Crippen LogP contribution in [0.15, 0.2) is 30.3 Å². The van der Waals surface area contributed by atoms with E-state index in [2.05, 4.69) is 0 Å². The van der Waals surface area contributed by atoms with Crippen LogP contribution in [0.25, 0.3) is 0 Å². The van der Waals surface area contributed by atoms with Crippen LogP contribution in [-0.2, 0) is 25.6 Å². The van der Waals surface area contributed by atoms with Gasteiger partial charge in [-0.15, -0.1) is 0 Å². The molecule has 0 heterocycles. The molecule has 6 heteroatoms. The fraction of sp³-hybridized carbons (Fsp3) is 0.500. The average molecular weight is 309 g/mol. The summed E-state index contributed by atoms with van der Waals surface area (Å²) in [6, 6.07) is 9.47. The van der Waals surface area contributed by atoms with Gasteiger partial charge in [0.2, 0.25) is 5.79 Å². The van der Waals surface area contributed by atoms with Gasteiger partial charge in [-0.1, -0.05) is 30.3 Å². The van der Waals surface area contributed by atoms with Crippen molar-refractivity contribution in [2.75, 3.05) is 27.8 Å². The summed E-state index contributed by atoms with van der Waals surface area (Å²) in [4.78, 5) is 24.3. The van der Waals surface area contributed by atoms with Gasteiger partial charge in [0.15, 0.2) is 6.29 Å². The number of carbonyl (C=O) groups is 2. The van der Waals surface area contributed by atoms with Gasteiger partial charge < -0.3 is 19.1 Å². The van der Waals surface area contributed by atoms with E-state index in [9.17, 15) is 9.59 Å². The highest BCUT2D eigenvalue weighted by Gasteiger charge is 2.28. The van der Waals surface area contributed by atoms with E-state index in [0.29, 0.717) is 25.7 Å². The summed E-state index contributed by atoms with van der Waals surface area (Å²) in [5.41, 5.74) is 0.933. The van der Waals surface area contributed by atoms with Gasteiger partial charge in [-0.25, -0.2) is 4.79 Å². The number of nitrogens with zero attached hydrogens (tertiary/aromatic N) is 1. The summed E-state index contributed by atoms with van der Waals surface area (Å²) >= 11 is 0. The summed E-state index contributed by atoms with van der Waals surface area (Å²) in [5.74, 6) is -1.24. The van der Waals surface area contributed by atoms with Crippen molar-refractivity contribution in [2.45, 2.75) is 25.2 Å². The number of aldehydes is 1. The molecule has 1 aromatic rings. The van der Waals surface area contributed by atoms with Crippen molar-refractivity contribution in [1.29, 1.82) is 0 Å². The Morgan fingerprint density at radius 2 is 1.86 bits per heavy atom. The van der Waals surface area contributed by atoms with Crippen LogP contribution in [-0.4, -0.2) is 50.9 Å². The summed E-state index contributed by atoms with van der Waals surface area (Å²) in [5, 5.41) is 0. The third kappa shape index (κ3) is 5.46. The van der Waals surface area contributed by atoms with Gasteiger partial charge in [-0.05, 0) is 12.0 Å². The Morgan fingerprint density at radius 3 is 2.41 bits per heavy atom. The maximum absolute atomic E-state index is 11.9. The van der Waals surface area contributed by atoms with Crippen LogP contribution in [0.3, 0.4) is 0 Å². The van der Waals surface area contributed by atoms with Gasteiger partial charge in [-0.3, -0.25) is 4.79 Å². The minimum atomic E-state index is -1.24. The van der Waals surface area contributed by atoms with E-state index >= 15 is 0 Å².